The Hall–Kier alpha value is -2.38. The van der Waals surface area contributed by atoms with E-state index >= 15 is 0 Å². The smallest absolute Gasteiger partial charge is 0.264 e. The Bertz CT molecular complexity index is 829. The summed E-state index contributed by atoms with van der Waals surface area (Å²) in [5.41, 5.74) is 1.24. The van der Waals surface area contributed by atoms with E-state index in [9.17, 15) is 9.59 Å². The van der Waals surface area contributed by atoms with Crippen molar-refractivity contribution >= 4 is 23.2 Å². The monoisotopic (exact) mass is 413 g/mol. The molecule has 2 aliphatic heterocycles. The molecule has 7 heteroatoms. The molecule has 1 aromatic carbocycles. The molecule has 2 saturated heterocycles. The molecule has 2 aromatic rings. The number of thiophene rings is 1. The molecule has 6 nitrogen and oxygen atoms in total. The van der Waals surface area contributed by atoms with Gasteiger partial charge in [0.25, 0.3) is 5.91 Å². The number of rotatable bonds is 5. The van der Waals surface area contributed by atoms with E-state index in [4.69, 9.17) is 4.74 Å². The summed E-state index contributed by atoms with van der Waals surface area (Å²) in [7, 11) is 1.67. The lowest BCUT2D eigenvalue weighted by Crippen LogP contribution is -2.54. The first kappa shape index (κ1) is 19.9. The van der Waals surface area contributed by atoms with E-state index in [1.807, 2.05) is 34.5 Å². The van der Waals surface area contributed by atoms with Gasteiger partial charge in [0.1, 0.15) is 11.8 Å². The Balaban J connectivity index is 1.31. The Labute approximate surface area is 175 Å². The van der Waals surface area contributed by atoms with E-state index in [-0.39, 0.29) is 17.9 Å². The highest BCUT2D eigenvalue weighted by Gasteiger charge is 2.37. The SMILES string of the molecule is COc1ccc(CN2CCN(C(=O)C3CCCN3C(=O)c3cccs3)CC2)cc1. The highest BCUT2D eigenvalue weighted by Crippen LogP contribution is 2.24. The molecule has 0 bridgehead atoms. The van der Waals surface area contributed by atoms with Crippen molar-refractivity contribution in [2.75, 3.05) is 39.8 Å². The third-order valence-corrected chi connectivity index (χ3v) is 6.64. The summed E-state index contributed by atoms with van der Waals surface area (Å²) in [5, 5.41) is 1.90. The van der Waals surface area contributed by atoms with Crippen molar-refractivity contribution in [3.8, 4) is 5.75 Å². The summed E-state index contributed by atoms with van der Waals surface area (Å²) in [5.74, 6) is 0.966. The van der Waals surface area contributed by atoms with Crippen LogP contribution in [-0.4, -0.2) is 72.4 Å². The zero-order valence-electron chi connectivity index (χ0n) is 16.8. The zero-order chi connectivity index (χ0) is 20.2. The van der Waals surface area contributed by atoms with Gasteiger partial charge >= 0.3 is 0 Å². The first-order valence-electron chi connectivity index (χ1n) is 10.1. The van der Waals surface area contributed by atoms with E-state index in [0.29, 0.717) is 24.5 Å². The standard InChI is InChI=1S/C22H27N3O3S/c1-28-18-8-6-17(7-9-18)16-23-11-13-24(14-12-23)21(26)19-4-2-10-25(19)22(27)20-5-3-15-29-20/h3,5-9,15,19H,2,4,10-14,16H2,1H3. The van der Waals surface area contributed by atoms with Gasteiger partial charge in [-0.25, -0.2) is 0 Å². The molecular formula is C22H27N3O3S. The Morgan fingerprint density at radius 3 is 2.48 bits per heavy atom. The number of likely N-dealkylation sites (tertiary alicyclic amines) is 1. The zero-order valence-corrected chi connectivity index (χ0v) is 17.6. The van der Waals surface area contributed by atoms with Gasteiger partial charge in [-0.3, -0.25) is 14.5 Å². The number of hydrogen-bond acceptors (Lipinski definition) is 5. The number of benzene rings is 1. The lowest BCUT2D eigenvalue weighted by molar-refractivity contribution is -0.137. The van der Waals surface area contributed by atoms with Gasteiger partial charge in [0.2, 0.25) is 5.91 Å². The summed E-state index contributed by atoms with van der Waals surface area (Å²) in [4.78, 5) is 32.7. The minimum absolute atomic E-state index is 0.00556. The minimum atomic E-state index is -0.308. The lowest BCUT2D eigenvalue weighted by Gasteiger charge is -2.37. The number of amides is 2. The van der Waals surface area contributed by atoms with E-state index in [0.717, 1.165) is 38.2 Å². The molecule has 1 atom stereocenters. The van der Waals surface area contributed by atoms with Crippen LogP contribution in [0.3, 0.4) is 0 Å². The average Bonchev–Trinajstić information content (AvgIpc) is 3.46. The normalized spacial score (nSPS) is 20.1. The van der Waals surface area contributed by atoms with Crippen LogP contribution in [0.1, 0.15) is 28.1 Å². The second kappa shape index (κ2) is 8.97. The largest absolute Gasteiger partial charge is 0.497 e. The number of carbonyl (C=O) groups is 2. The van der Waals surface area contributed by atoms with E-state index in [1.165, 1.54) is 16.9 Å². The van der Waals surface area contributed by atoms with Crippen molar-refractivity contribution < 1.29 is 14.3 Å². The number of nitrogens with zero attached hydrogens (tertiary/aromatic N) is 3. The number of carbonyl (C=O) groups excluding carboxylic acids is 2. The van der Waals surface area contributed by atoms with Gasteiger partial charge in [0, 0.05) is 39.3 Å². The average molecular weight is 414 g/mol. The Kier molecular flexibility index (Phi) is 6.16. The van der Waals surface area contributed by atoms with Crippen molar-refractivity contribution in [3.05, 3.63) is 52.2 Å². The highest BCUT2D eigenvalue weighted by atomic mass is 32.1. The van der Waals surface area contributed by atoms with Gasteiger partial charge in [-0.05, 0) is 42.0 Å². The van der Waals surface area contributed by atoms with Gasteiger partial charge in [-0.15, -0.1) is 11.3 Å². The van der Waals surface area contributed by atoms with Gasteiger partial charge in [0.15, 0.2) is 0 Å². The van der Waals surface area contributed by atoms with Crippen LogP contribution in [0.25, 0.3) is 0 Å². The summed E-state index contributed by atoms with van der Waals surface area (Å²) < 4.78 is 5.21. The molecule has 0 N–H and O–H groups in total. The first-order valence-corrected chi connectivity index (χ1v) is 11.0. The van der Waals surface area contributed by atoms with Crippen molar-refractivity contribution in [2.24, 2.45) is 0 Å². The van der Waals surface area contributed by atoms with Crippen LogP contribution in [0.2, 0.25) is 0 Å². The quantitative estimate of drug-likeness (QED) is 0.756. The first-order chi connectivity index (χ1) is 14.2. The second-order valence-electron chi connectivity index (χ2n) is 7.58. The minimum Gasteiger partial charge on any atom is -0.497 e. The molecular weight excluding hydrogens is 386 g/mol. The molecule has 4 rings (SSSR count). The van der Waals surface area contributed by atoms with Crippen LogP contribution >= 0.6 is 11.3 Å². The molecule has 1 aromatic heterocycles. The fourth-order valence-corrected chi connectivity index (χ4v) is 4.81. The van der Waals surface area contributed by atoms with Crippen LogP contribution in [0.4, 0.5) is 0 Å². The van der Waals surface area contributed by atoms with Gasteiger partial charge in [-0.2, -0.15) is 0 Å². The van der Waals surface area contributed by atoms with E-state index in [2.05, 4.69) is 17.0 Å². The predicted octanol–water partition coefficient (Wildman–Crippen LogP) is 2.71. The molecule has 2 fully saturated rings. The number of ether oxygens (including phenoxy) is 1. The molecule has 29 heavy (non-hydrogen) atoms. The maximum Gasteiger partial charge on any atom is 0.264 e. The summed E-state index contributed by atoms with van der Waals surface area (Å²) in [6.45, 7) is 4.68. The summed E-state index contributed by atoms with van der Waals surface area (Å²) in [6.07, 6.45) is 1.66. The van der Waals surface area contributed by atoms with Gasteiger partial charge in [-0.1, -0.05) is 18.2 Å². The number of hydrogen-bond donors (Lipinski definition) is 0. The molecule has 2 amide bonds. The van der Waals surface area contributed by atoms with Crippen molar-refractivity contribution in [1.29, 1.82) is 0 Å². The van der Waals surface area contributed by atoms with Crippen LogP contribution < -0.4 is 4.74 Å². The fraction of sp³-hybridized carbons (Fsp3) is 0.455. The molecule has 1 unspecified atom stereocenters. The third-order valence-electron chi connectivity index (χ3n) is 5.78. The van der Waals surface area contributed by atoms with Crippen molar-refractivity contribution in [1.82, 2.24) is 14.7 Å². The van der Waals surface area contributed by atoms with Crippen LogP contribution in [-0.2, 0) is 11.3 Å². The third kappa shape index (κ3) is 4.46. The summed E-state index contributed by atoms with van der Waals surface area (Å²) >= 11 is 1.44. The molecule has 3 heterocycles. The molecule has 0 spiro atoms. The maximum absolute atomic E-state index is 13.1. The Morgan fingerprint density at radius 2 is 1.83 bits per heavy atom. The predicted molar refractivity (Wildman–Crippen MR) is 113 cm³/mol. The number of piperazine rings is 1. The Morgan fingerprint density at radius 1 is 1.07 bits per heavy atom. The summed E-state index contributed by atoms with van der Waals surface area (Å²) in [6, 6.07) is 11.5. The van der Waals surface area contributed by atoms with Crippen LogP contribution in [0.15, 0.2) is 41.8 Å². The fourth-order valence-electron chi connectivity index (χ4n) is 4.13. The molecule has 0 saturated carbocycles. The van der Waals surface area contributed by atoms with Gasteiger partial charge in [0.05, 0.1) is 12.0 Å². The molecule has 154 valence electrons. The molecule has 0 radical (unpaired) electrons. The number of methoxy groups -OCH3 is 1. The highest BCUT2D eigenvalue weighted by molar-refractivity contribution is 7.12. The second-order valence-corrected chi connectivity index (χ2v) is 8.53. The molecule has 2 aliphatic rings. The van der Waals surface area contributed by atoms with Crippen LogP contribution in [0, 0.1) is 0 Å². The lowest BCUT2D eigenvalue weighted by atomic mass is 10.1. The van der Waals surface area contributed by atoms with Crippen LogP contribution in [0.5, 0.6) is 5.75 Å². The maximum atomic E-state index is 13.1. The topological polar surface area (TPSA) is 53.1 Å². The molecule has 0 aliphatic carbocycles. The van der Waals surface area contributed by atoms with Crippen molar-refractivity contribution in [2.45, 2.75) is 25.4 Å². The van der Waals surface area contributed by atoms with E-state index < -0.39 is 0 Å². The van der Waals surface area contributed by atoms with E-state index in [1.54, 1.807) is 12.0 Å². The van der Waals surface area contributed by atoms with Crippen molar-refractivity contribution in [3.63, 3.8) is 0 Å². The van der Waals surface area contributed by atoms with Gasteiger partial charge < -0.3 is 14.5 Å².